The molecule has 1 atom stereocenters. The van der Waals surface area contributed by atoms with Gasteiger partial charge in [-0.25, -0.2) is 0 Å². The number of nitrogens with zero attached hydrogens (tertiary/aromatic N) is 2. The number of carbonyl (C=O) groups excluding carboxylic acids is 3. The molecule has 6 nitrogen and oxygen atoms in total. The lowest BCUT2D eigenvalue weighted by molar-refractivity contribution is -0.131. The van der Waals surface area contributed by atoms with Crippen molar-refractivity contribution in [2.75, 3.05) is 25.4 Å². The van der Waals surface area contributed by atoms with Crippen LogP contribution in [-0.2, 0) is 16.0 Å². The van der Waals surface area contributed by atoms with Crippen molar-refractivity contribution in [2.24, 2.45) is 0 Å². The molecule has 3 amide bonds. The molecule has 0 aromatic heterocycles. The SMILES string of the molecule is CCCOc1ccc(CCC(=O)N2CCC(N3C(=O)CSC3=O)C2)cc1. The summed E-state index contributed by atoms with van der Waals surface area (Å²) in [6.07, 6.45) is 2.75. The average Bonchev–Trinajstić information content (AvgIpc) is 3.25. The zero-order valence-corrected chi connectivity index (χ0v) is 15.8. The fraction of sp³-hybridized carbons (Fsp3) is 0.526. The van der Waals surface area contributed by atoms with Gasteiger partial charge in [-0.2, -0.15) is 0 Å². The van der Waals surface area contributed by atoms with Crippen molar-refractivity contribution in [1.29, 1.82) is 0 Å². The number of hydrogen-bond donors (Lipinski definition) is 0. The third-order valence-electron chi connectivity index (χ3n) is 4.69. The number of ether oxygens (including phenoxy) is 1. The van der Waals surface area contributed by atoms with E-state index in [-0.39, 0.29) is 28.8 Å². The number of rotatable bonds is 7. The molecule has 0 N–H and O–H groups in total. The van der Waals surface area contributed by atoms with Crippen LogP contribution in [0.3, 0.4) is 0 Å². The molecule has 1 aromatic rings. The van der Waals surface area contributed by atoms with Crippen LogP contribution in [0.5, 0.6) is 5.75 Å². The second kappa shape index (κ2) is 8.58. The van der Waals surface area contributed by atoms with Gasteiger partial charge in [0.2, 0.25) is 11.8 Å². The maximum Gasteiger partial charge on any atom is 0.289 e. The van der Waals surface area contributed by atoms with E-state index in [0.29, 0.717) is 39.0 Å². The smallest absolute Gasteiger partial charge is 0.289 e. The Hall–Kier alpha value is -2.02. The van der Waals surface area contributed by atoms with Crippen LogP contribution in [0.25, 0.3) is 0 Å². The van der Waals surface area contributed by atoms with E-state index in [0.717, 1.165) is 29.5 Å². The Labute approximate surface area is 157 Å². The number of hydrogen-bond acceptors (Lipinski definition) is 5. The van der Waals surface area contributed by atoms with Gasteiger partial charge < -0.3 is 9.64 Å². The van der Waals surface area contributed by atoms with Crippen LogP contribution in [0.1, 0.15) is 31.7 Å². The summed E-state index contributed by atoms with van der Waals surface area (Å²) in [5.74, 6) is 1.01. The molecule has 2 heterocycles. The Morgan fingerprint density at radius 2 is 2.04 bits per heavy atom. The average molecular weight is 376 g/mol. The lowest BCUT2D eigenvalue weighted by atomic mass is 10.1. The van der Waals surface area contributed by atoms with Crippen molar-refractivity contribution in [2.45, 2.75) is 38.6 Å². The fourth-order valence-corrected chi connectivity index (χ4v) is 4.05. The molecule has 2 aliphatic heterocycles. The zero-order chi connectivity index (χ0) is 18.5. The minimum Gasteiger partial charge on any atom is -0.494 e. The predicted octanol–water partition coefficient (Wildman–Crippen LogP) is 2.70. The monoisotopic (exact) mass is 376 g/mol. The van der Waals surface area contributed by atoms with Gasteiger partial charge in [0.05, 0.1) is 18.4 Å². The summed E-state index contributed by atoms with van der Waals surface area (Å²) < 4.78 is 5.56. The number of imide groups is 1. The number of amides is 3. The molecule has 140 valence electrons. The molecule has 1 unspecified atom stereocenters. The van der Waals surface area contributed by atoms with Gasteiger partial charge in [-0.05, 0) is 37.0 Å². The Kier molecular flexibility index (Phi) is 6.19. The van der Waals surface area contributed by atoms with Crippen molar-refractivity contribution < 1.29 is 19.1 Å². The Morgan fingerprint density at radius 1 is 1.27 bits per heavy atom. The van der Waals surface area contributed by atoms with E-state index in [9.17, 15) is 14.4 Å². The Balaban J connectivity index is 1.47. The highest BCUT2D eigenvalue weighted by molar-refractivity contribution is 8.14. The molecule has 0 radical (unpaired) electrons. The first kappa shape index (κ1) is 18.8. The van der Waals surface area contributed by atoms with Crippen molar-refractivity contribution in [3.63, 3.8) is 0 Å². The minimum absolute atomic E-state index is 0.0746. The lowest BCUT2D eigenvalue weighted by Gasteiger charge is -2.22. The van der Waals surface area contributed by atoms with Gasteiger partial charge in [-0.3, -0.25) is 19.3 Å². The number of carbonyl (C=O) groups is 3. The van der Waals surface area contributed by atoms with Gasteiger partial charge in [0.25, 0.3) is 5.24 Å². The van der Waals surface area contributed by atoms with Crippen LogP contribution in [-0.4, -0.2) is 58.3 Å². The zero-order valence-electron chi connectivity index (χ0n) is 15.0. The summed E-state index contributed by atoms with van der Waals surface area (Å²) in [5, 5.41) is -0.181. The maximum absolute atomic E-state index is 12.5. The van der Waals surface area contributed by atoms with Crippen LogP contribution in [0.15, 0.2) is 24.3 Å². The molecule has 2 saturated heterocycles. The summed E-state index contributed by atoms with van der Waals surface area (Å²) in [7, 11) is 0. The minimum atomic E-state index is -0.181. The first-order valence-corrected chi connectivity index (χ1v) is 10.1. The van der Waals surface area contributed by atoms with E-state index in [1.165, 1.54) is 4.90 Å². The number of benzene rings is 1. The van der Waals surface area contributed by atoms with Gasteiger partial charge >= 0.3 is 0 Å². The van der Waals surface area contributed by atoms with E-state index < -0.39 is 0 Å². The molecule has 2 fully saturated rings. The highest BCUT2D eigenvalue weighted by atomic mass is 32.2. The van der Waals surface area contributed by atoms with Crippen molar-refractivity contribution in [3.8, 4) is 5.75 Å². The van der Waals surface area contributed by atoms with E-state index >= 15 is 0 Å². The summed E-state index contributed by atoms with van der Waals surface area (Å²) in [6.45, 7) is 3.83. The van der Waals surface area contributed by atoms with Gasteiger partial charge in [-0.15, -0.1) is 0 Å². The maximum atomic E-state index is 12.5. The molecule has 0 saturated carbocycles. The van der Waals surface area contributed by atoms with Gasteiger partial charge in [0.15, 0.2) is 0 Å². The van der Waals surface area contributed by atoms with E-state index in [1.54, 1.807) is 4.90 Å². The first-order chi connectivity index (χ1) is 12.6. The van der Waals surface area contributed by atoms with Gasteiger partial charge in [0.1, 0.15) is 5.75 Å². The van der Waals surface area contributed by atoms with Crippen LogP contribution in [0.2, 0.25) is 0 Å². The summed E-state index contributed by atoms with van der Waals surface area (Å²) >= 11 is 1.05. The van der Waals surface area contributed by atoms with Crippen LogP contribution in [0, 0.1) is 0 Å². The molecular formula is C19H24N2O4S. The Morgan fingerprint density at radius 3 is 2.69 bits per heavy atom. The third kappa shape index (κ3) is 4.38. The number of aryl methyl sites for hydroxylation is 1. The van der Waals surface area contributed by atoms with E-state index in [1.807, 2.05) is 24.3 Å². The number of likely N-dealkylation sites (tertiary alicyclic amines) is 1. The Bertz CT molecular complexity index is 661. The van der Waals surface area contributed by atoms with Crippen LogP contribution >= 0.6 is 11.8 Å². The van der Waals surface area contributed by atoms with Crippen molar-refractivity contribution >= 4 is 28.8 Å². The molecule has 7 heteroatoms. The predicted molar refractivity (Wildman–Crippen MR) is 100 cm³/mol. The number of thioether (sulfide) groups is 1. The highest BCUT2D eigenvalue weighted by Crippen LogP contribution is 2.26. The second-order valence-corrected chi connectivity index (χ2v) is 7.52. The second-order valence-electron chi connectivity index (χ2n) is 6.59. The summed E-state index contributed by atoms with van der Waals surface area (Å²) in [5.41, 5.74) is 1.10. The quantitative estimate of drug-likeness (QED) is 0.732. The van der Waals surface area contributed by atoms with Crippen LogP contribution < -0.4 is 4.74 Å². The third-order valence-corrected chi connectivity index (χ3v) is 5.52. The molecular weight excluding hydrogens is 352 g/mol. The normalized spacial score (nSPS) is 20.1. The van der Waals surface area contributed by atoms with Crippen molar-refractivity contribution in [1.82, 2.24) is 9.80 Å². The summed E-state index contributed by atoms with van der Waals surface area (Å²) in [6, 6.07) is 7.69. The first-order valence-electron chi connectivity index (χ1n) is 9.07. The molecule has 0 aliphatic carbocycles. The van der Waals surface area contributed by atoms with Crippen molar-refractivity contribution in [3.05, 3.63) is 29.8 Å². The standard InChI is InChI=1S/C19H24N2O4S/c1-2-11-25-16-6-3-14(4-7-16)5-8-17(22)20-10-9-15(12-20)21-18(23)13-26-19(21)24/h3-4,6-7,15H,2,5,8-13H2,1H3. The molecule has 1 aromatic carbocycles. The molecule has 0 spiro atoms. The van der Waals surface area contributed by atoms with Crippen LogP contribution in [0.4, 0.5) is 4.79 Å². The molecule has 26 heavy (non-hydrogen) atoms. The lowest BCUT2D eigenvalue weighted by Crippen LogP contribution is -2.41. The molecule has 3 rings (SSSR count). The highest BCUT2D eigenvalue weighted by Gasteiger charge is 2.39. The topological polar surface area (TPSA) is 66.9 Å². The summed E-state index contributed by atoms with van der Waals surface area (Å²) in [4.78, 5) is 39.2. The van der Waals surface area contributed by atoms with E-state index in [2.05, 4.69) is 6.92 Å². The fourth-order valence-electron chi connectivity index (χ4n) is 3.28. The van der Waals surface area contributed by atoms with E-state index in [4.69, 9.17) is 4.74 Å². The largest absolute Gasteiger partial charge is 0.494 e. The van der Waals surface area contributed by atoms with Gasteiger partial charge in [0, 0.05) is 19.5 Å². The van der Waals surface area contributed by atoms with Gasteiger partial charge in [-0.1, -0.05) is 30.8 Å². The molecule has 2 aliphatic rings. The molecule has 0 bridgehead atoms.